The van der Waals surface area contributed by atoms with Crippen LogP contribution >= 0.6 is 28.1 Å². The summed E-state index contributed by atoms with van der Waals surface area (Å²) in [5, 5.41) is 10.7. The first-order chi connectivity index (χ1) is 12.5. The van der Waals surface area contributed by atoms with Crippen molar-refractivity contribution in [3.8, 4) is 11.6 Å². The van der Waals surface area contributed by atoms with Crippen LogP contribution in [0.2, 0.25) is 0 Å². The van der Waals surface area contributed by atoms with Gasteiger partial charge in [0.15, 0.2) is 4.77 Å². The van der Waals surface area contributed by atoms with Crippen LogP contribution in [0.4, 0.5) is 0 Å². The number of H-pyrrole nitrogens is 1. The molecule has 0 saturated carbocycles. The van der Waals surface area contributed by atoms with Gasteiger partial charge >= 0.3 is 0 Å². The van der Waals surface area contributed by atoms with E-state index in [9.17, 15) is 9.90 Å². The maximum atomic E-state index is 12.2. The van der Waals surface area contributed by atoms with Crippen LogP contribution in [0, 0.1) is 11.7 Å². The zero-order valence-electron chi connectivity index (χ0n) is 13.9. The highest BCUT2D eigenvalue weighted by molar-refractivity contribution is 9.10. The molecular weight excluding hydrogens is 412 g/mol. The minimum atomic E-state index is -0.465. The summed E-state index contributed by atoms with van der Waals surface area (Å²) in [6.45, 7) is 1.90. The van der Waals surface area contributed by atoms with Crippen LogP contribution in [-0.4, -0.2) is 14.7 Å². The number of rotatable bonds is 3. The highest BCUT2D eigenvalue weighted by atomic mass is 79.9. The van der Waals surface area contributed by atoms with Crippen molar-refractivity contribution in [2.24, 2.45) is 0 Å². The number of benzene rings is 2. The quantitative estimate of drug-likeness (QED) is 0.457. The van der Waals surface area contributed by atoms with Crippen LogP contribution in [0.25, 0.3) is 17.8 Å². The van der Waals surface area contributed by atoms with Gasteiger partial charge in [-0.15, -0.1) is 5.73 Å². The second-order valence-corrected chi connectivity index (χ2v) is 6.93. The smallest absolute Gasteiger partial charge is 0.263 e. The van der Waals surface area contributed by atoms with Crippen molar-refractivity contribution < 1.29 is 5.11 Å². The van der Waals surface area contributed by atoms with Crippen LogP contribution in [0.1, 0.15) is 16.7 Å². The lowest BCUT2D eigenvalue weighted by atomic mass is 10.2. The van der Waals surface area contributed by atoms with Gasteiger partial charge in [0.05, 0.1) is 5.69 Å². The van der Waals surface area contributed by atoms with Crippen molar-refractivity contribution >= 4 is 40.3 Å². The van der Waals surface area contributed by atoms with E-state index < -0.39 is 5.56 Å². The number of nitrogens with zero attached hydrogens (tertiary/aromatic N) is 1. The van der Waals surface area contributed by atoms with E-state index in [-0.39, 0.29) is 16.2 Å². The molecule has 2 aromatic carbocycles. The van der Waals surface area contributed by atoms with E-state index in [0.717, 1.165) is 15.6 Å². The summed E-state index contributed by atoms with van der Waals surface area (Å²) in [6.07, 6.45) is 3.18. The molecule has 1 aromatic heterocycles. The molecule has 0 saturated heterocycles. The highest BCUT2D eigenvalue weighted by Gasteiger charge is 2.13. The molecule has 0 aliphatic rings. The van der Waals surface area contributed by atoms with Crippen molar-refractivity contribution in [2.45, 2.75) is 6.92 Å². The monoisotopic (exact) mass is 426 g/mol. The molecule has 0 amide bonds. The van der Waals surface area contributed by atoms with Gasteiger partial charge in [0.25, 0.3) is 5.56 Å². The van der Waals surface area contributed by atoms with Crippen LogP contribution in [0.3, 0.4) is 0 Å². The lowest BCUT2D eigenvalue weighted by Gasteiger charge is -2.13. The first kappa shape index (κ1) is 18.1. The third kappa shape index (κ3) is 3.78. The summed E-state index contributed by atoms with van der Waals surface area (Å²) < 4.78 is 2.48. The number of aromatic amines is 1. The van der Waals surface area contributed by atoms with Gasteiger partial charge in [-0.1, -0.05) is 46.3 Å². The summed E-state index contributed by atoms with van der Waals surface area (Å²) in [7, 11) is 0. The summed E-state index contributed by atoms with van der Waals surface area (Å²) in [5.41, 5.74) is 5.09. The van der Waals surface area contributed by atoms with Crippen molar-refractivity contribution in [3.63, 3.8) is 0 Å². The fourth-order valence-electron chi connectivity index (χ4n) is 2.53. The average Bonchev–Trinajstić information content (AvgIpc) is 2.60. The van der Waals surface area contributed by atoms with E-state index in [1.54, 1.807) is 6.08 Å². The van der Waals surface area contributed by atoms with Gasteiger partial charge < -0.3 is 5.11 Å². The van der Waals surface area contributed by atoms with Crippen molar-refractivity contribution in [1.29, 1.82) is 0 Å². The topological polar surface area (TPSA) is 58.0 Å². The Morgan fingerprint density at radius 2 is 1.92 bits per heavy atom. The molecule has 4 nitrogen and oxygen atoms in total. The van der Waals surface area contributed by atoms with Gasteiger partial charge in [-0.25, -0.2) is 0 Å². The fourth-order valence-corrected chi connectivity index (χ4v) is 3.29. The predicted molar refractivity (Wildman–Crippen MR) is 110 cm³/mol. The Hall–Kier alpha value is -2.66. The Labute approximate surface area is 163 Å². The van der Waals surface area contributed by atoms with Gasteiger partial charge in [0, 0.05) is 4.47 Å². The predicted octanol–water partition coefficient (Wildman–Crippen LogP) is 5.00. The minimum Gasteiger partial charge on any atom is -0.494 e. The van der Waals surface area contributed by atoms with Gasteiger partial charge in [0.1, 0.15) is 5.56 Å². The highest BCUT2D eigenvalue weighted by Crippen LogP contribution is 2.25. The van der Waals surface area contributed by atoms with Crippen molar-refractivity contribution in [3.05, 3.63) is 90.6 Å². The summed E-state index contributed by atoms with van der Waals surface area (Å²) in [5.74, 6) is -0.224. The Kier molecular flexibility index (Phi) is 5.38. The minimum absolute atomic E-state index is 0.0908. The lowest BCUT2D eigenvalue weighted by molar-refractivity contribution is 0.431. The first-order valence-corrected chi connectivity index (χ1v) is 9.00. The molecule has 3 aromatic rings. The first-order valence-electron chi connectivity index (χ1n) is 7.80. The molecule has 6 heteroatoms. The molecule has 0 unspecified atom stereocenters. The van der Waals surface area contributed by atoms with E-state index in [1.807, 2.05) is 55.5 Å². The summed E-state index contributed by atoms with van der Waals surface area (Å²) in [6, 6.07) is 15.2. The Bertz CT molecular complexity index is 1140. The molecule has 0 aliphatic carbocycles. The van der Waals surface area contributed by atoms with Crippen molar-refractivity contribution in [1.82, 2.24) is 9.55 Å². The van der Waals surface area contributed by atoms with Crippen LogP contribution in [0.5, 0.6) is 5.88 Å². The molecule has 0 fully saturated rings. The molecule has 0 radical (unpaired) electrons. The molecule has 1 heterocycles. The van der Waals surface area contributed by atoms with E-state index in [2.05, 4.69) is 26.6 Å². The molecule has 0 spiro atoms. The third-order valence-corrected chi connectivity index (χ3v) is 4.58. The second-order valence-electron chi connectivity index (χ2n) is 5.63. The van der Waals surface area contributed by atoms with Crippen LogP contribution in [0.15, 0.2) is 63.5 Å². The Morgan fingerprint density at radius 3 is 2.62 bits per heavy atom. The van der Waals surface area contributed by atoms with E-state index >= 15 is 0 Å². The molecule has 0 bridgehead atoms. The number of halogens is 1. The van der Waals surface area contributed by atoms with Gasteiger partial charge in [0.2, 0.25) is 5.88 Å². The summed E-state index contributed by atoms with van der Waals surface area (Å²) in [4.78, 5) is 14.8. The van der Waals surface area contributed by atoms with Crippen LogP contribution < -0.4 is 5.56 Å². The van der Waals surface area contributed by atoms with E-state index in [1.165, 1.54) is 10.6 Å². The molecule has 130 valence electrons. The summed E-state index contributed by atoms with van der Waals surface area (Å²) >= 11 is 8.66. The normalized spacial score (nSPS) is 10.2. The van der Waals surface area contributed by atoms with Gasteiger partial charge in [-0.2, -0.15) is 0 Å². The van der Waals surface area contributed by atoms with Crippen molar-refractivity contribution in [2.75, 3.05) is 0 Å². The Balaban J connectivity index is 2.15. The standard InChI is InChI=1S/C20H15BrN2O2S/c1-13-12-15(21)10-11-17(13)23-19(25)16(18(24)22-20(23)26)9-5-8-14-6-3-2-4-7-14/h2-4,6-12,25H,1H3,(H,22,24,26). The number of nitrogens with one attached hydrogen (secondary N) is 1. The third-order valence-electron chi connectivity index (χ3n) is 3.80. The molecule has 0 atom stereocenters. The second kappa shape index (κ2) is 7.70. The molecular formula is C20H15BrN2O2S. The van der Waals surface area contributed by atoms with Gasteiger partial charge in [-0.3, -0.25) is 14.3 Å². The SMILES string of the molecule is Cc1cc(Br)ccc1-n1c(O)c(C=C=Cc2ccccc2)c(=O)[nH]c1=S. The van der Waals surface area contributed by atoms with E-state index in [4.69, 9.17) is 12.2 Å². The molecule has 3 rings (SSSR count). The maximum absolute atomic E-state index is 12.2. The van der Waals surface area contributed by atoms with Gasteiger partial charge in [-0.05, 0) is 60.6 Å². The average molecular weight is 427 g/mol. The zero-order chi connectivity index (χ0) is 18.7. The number of aromatic nitrogens is 2. The number of aromatic hydroxyl groups is 1. The fraction of sp³-hybridized carbons (Fsp3) is 0.0500. The Morgan fingerprint density at radius 1 is 1.19 bits per heavy atom. The maximum Gasteiger partial charge on any atom is 0.263 e. The molecule has 2 N–H and O–H groups in total. The largest absolute Gasteiger partial charge is 0.494 e. The number of hydrogen-bond acceptors (Lipinski definition) is 3. The molecule has 26 heavy (non-hydrogen) atoms. The number of hydrogen-bond donors (Lipinski definition) is 2. The zero-order valence-corrected chi connectivity index (χ0v) is 16.3. The lowest BCUT2D eigenvalue weighted by Crippen LogP contribution is -2.16. The molecule has 0 aliphatic heterocycles. The number of aryl methyl sites for hydroxylation is 1. The van der Waals surface area contributed by atoms with E-state index in [0.29, 0.717) is 5.69 Å². The van der Waals surface area contributed by atoms with Crippen LogP contribution in [-0.2, 0) is 0 Å².